The van der Waals surface area contributed by atoms with E-state index in [1.807, 2.05) is 0 Å². The van der Waals surface area contributed by atoms with Crippen LogP contribution in [0.25, 0.3) is 0 Å². The lowest BCUT2D eigenvalue weighted by Gasteiger charge is -2.05. The highest BCUT2D eigenvalue weighted by Crippen LogP contribution is 2.01. The van der Waals surface area contributed by atoms with Crippen molar-refractivity contribution in [1.82, 2.24) is 0 Å². The molecule has 0 heterocycles. The van der Waals surface area contributed by atoms with Gasteiger partial charge in [-0.15, -0.1) is 12.4 Å². The molecule has 0 bridgehead atoms. The number of unbranched alkanes of at least 4 members (excludes halogenated alkanes) is 2. The van der Waals surface area contributed by atoms with Gasteiger partial charge in [0, 0.05) is 0 Å². The third kappa shape index (κ3) is 7.82. The third-order valence-electron chi connectivity index (χ3n) is 1.64. The van der Waals surface area contributed by atoms with Gasteiger partial charge in [-0.05, 0) is 13.3 Å². The summed E-state index contributed by atoms with van der Waals surface area (Å²) in [6.45, 7) is 3.69. The number of hydrogen-bond acceptors (Lipinski definition) is 2. The van der Waals surface area contributed by atoms with Crippen LogP contribution in [0, 0.1) is 0 Å². The van der Waals surface area contributed by atoms with E-state index in [9.17, 15) is 4.79 Å². The van der Waals surface area contributed by atoms with Crippen LogP contribution in [0.4, 0.5) is 0 Å². The number of ketones is 1. The number of rotatable bonds is 5. The predicted molar refractivity (Wildman–Crippen MR) is 50.0 cm³/mol. The summed E-state index contributed by atoms with van der Waals surface area (Å²) < 4.78 is 0. The first-order valence-corrected chi connectivity index (χ1v) is 3.94. The predicted octanol–water partition coefficient (Wildman–Crippen LogP) is 1.90. The molecular weight excluding hydrogens is 162 g/mol. The van der Waals surface area contributed by atoms with E-state index in [4.69, 9.17) is 5.73 Å². The molecule has 0 radical (unpaired) electrons. The Hall–Kier alpha value is -0.0800. The van der Waals surface area contributed by atoms with E-state index in [2.05, 4.69) is 6.92 Å². The summed E-state index contributed by atoms with van der Waals surface area (Å²) in [5, 5.41) is 0. The van der Waals surface area contributed by atoms with Gasteiger partial charge in [0.1, 0.15) is 5.78 Å². The zero-order valence-electron chi connectivity index (χ0n) is 7.30. The smallest absolute Gasteiger partial charge is 0.146 e. The van der Waals surface area contributed by atoms with Crippen molar-refractivity contribution in [3.8, 4) is 0 Å². The summed E-state index contributed by atoms with van der Waals surface area (Å²) in [7, 11) is 0. The van der Waals surface area contributed by atoms with Crippen molar-refractivity contribution in [2.45, 2.75) is 45.6 Å². The second kappa shape index (κ2) is 8.02. The quantitative estimate of drug-likeness (QED) is 0.656. The molecule has 0 saturated heterocycles. The molecule has 0 aromatic carbocycles. The van der Waals surface area contributed by atoms with Gasteiger partial charge in [-0.1, -0.05) is 26.2 Å². The van der Waals surface area contributed by atoms with Crippen molar-refractivity contribution >= 4 is 18.2 Å². The second-order valence-corrected chi connectivity index (χ2v) is 2.71. The molecule has 1 atom stereocenters. The summed E-state index contributed by atoms with van der Waals surface area (Å²) in [6.07, 6.45) is 4.30. The average Bonchev–Trinajstić information content (AvgIpc) is 1.88. The van der Waals surface area contributed by atoms with Crippen molar-refractivity contribution in [2.75, 3.05) is 0 Å². The maximum absolute atomic E-state index is 10.6. The number of hydrogen-bond donors (Lipinski definition) is 1. The van der Waals surface area contributed by atoms with Gasteiger partial charge in [-0.25, -0.2) is 0 Å². The summed E-state index contributed by atoms with van der Waals surface area (Å²) in [5.41, 5.74) is 5.51. The van der Waals surface area contributed by atoms with E-state index in [0.717, 1.165) is 12.8 Å². The van der Waals surface area contributed by atoms with Crippen LogP contribution in [0.2, 0.25) is 0 Å². The van der Waals surface area contributed by atoms with E-state index in [-0.39, 0.29) is 24.2 Å². The van der Waals surface area contributed by atoms with Gasteiger partial charge in [0.05, 0.1) is 6.04 Å². The lowest BCUT2D eigenvalue weighted by atomic mass is 10.1. The van der Waals surface area contributed by atoms with E-state index >= 15 is 0 Å². The zero-order valence-corrected chi connectivity index (χ0v) is 8.12. The maximum Gasteiger partial charge on any atom is 0.146 e. The van der Waals surface area contributed by atoms with Crippen molar-refractivity contribution in [1.29, 1.82) is 0 Å². The van der Waals surface area contributed by atoms with Crippen LogP contribution in [-0.4, -0.2) is 11.8 Å². The molecule has 0 aromatic rings. The highest BCUT2D eigenvalue weighted by atomic mass is 35.5. The standard InChI is InChI=1S/C8H17NO.ClH/c1-3-4-5-6-8(9)7(2)10;/h8H,3-6,9H2,1-2H3;1H. The normalized spacial score (nSPS) is 11.9. The minimum Gasteiger partial charge on any atom is -0.322 e. The Kier molecular flexibility index (Phi) is 9.85. The van der Waals surface area contributed by atoms with Gasteiger partial charge >= 0.3 is 0 Å². The fourth-order valence-electron chi connectivity index (χ4n) is 0.818. The van der Waals surface area contributed by atoms with Gasteiger partial charge < -0.3 is 5.73 Å². The van der Waals surface area contributed by atoms with Gasteiger partial charge in [-0.3, -0.25) is 4.79 Å². The summed E-state index contributed by atoms with van der Waals surface area (Å²) in [4.78, 5) is 10.6. The van der Waals surface area contributed by atoms with Gasteiger partial charge in [0.15, 0.2) is 0 Å². The van der Waals surface area contributed by atoms with Crippen LogP contribution in [-0.2, 0) is 4.79 Å². The van der Waals surface area contributed by atoms with Crippen molar-refractivity contribution in [3.63, 3.8) is 0 Å². The Bertz CT molecular complexity index is 106. The zero-order chi connectivity index (χ0) is 7.98. The topological polar surface area (TPSA) is 43.1 Å². The number of carbonyl (C=O) groups excluding carboxylic acids is 1. The summed E-state index contributed by atoms with van der Waals surface area (Å²) in [5.74, 6) is 0.108. The van der Waals surface area contributed by atoms with Crippen LogP contribution in [0.5, 0.6) is 0 Å². The lowest BCUT2D eigenvalue weighted by molar-refractivity contribution is -0.118. The SMILES string of the molecule is CCCCCC(N)C(C)=O.Cl. The van der Waals surface area contributed by atoms with Crippen molar-refractivity contribution < 1.29 is 4.79 Å². The largest absolute Gasteiger partial charge is 0.322 e. The van der Waals surface area contributed by atoms with Crippen molar-refractivity contribution in [3.05, 3.63) is 0 Å². The molecule has 11 heavy (non-hydrogen) atoms. The highest BCUT2D eigenvalue weighted by molar-refractivity contribution is 5.85. The number of Topliss-reactive ketones (excluding diaryl/α,β-unsaturated/α-hetero) is 1. The number of carbonyl (C=O) groups is 1. The van der Waals surface area contributed by atoms with Crippen LogP contribution in [0.15, 0.2) is 0 Å². The molecule has 0 aliphatic heterocycles. The van der Waals surface area contributed by atoms with Gasteiger partial charge in [0.25, 0.3) is 0 Å². The molecule has 2 nitrogen and oxygen atoms in total. The van der Waals surface area contributed by atoms with Gasteiger partial charge in [-0.2, -0.15) is 0 Å². The maximum atomic E-state index is 10.6. The minimum absolute atomic E-state index is 0. The van der Waals surface area contributed by atoms with Crippen LogP contribution in [0.1, 0.15) is 39.5 Å². The van der Waals surface area contributed by atoms with Gasteiger partial charge in [0.2, 0.25) is 0 Å². The molecular formula is C8H18ClNO. The Morgan fingerprint density at radius 3 is 2.36 bits per heavy atom. The molecule has 0 saturated carbocycles. The molecule has 2 N–H and O–H groups in total. The second-order valence-electron chi connectivity index (χ2n) is 2.71. The Balaban J connectivity index is 0. The first-order valence-electron chi connectivity index (χ1n) is 3.94. The monoisotopic (exact) mass is 179 g/mol. The first-order chi connectivity index (χ1) is 4.68. The van der Waals surface area contributed by atoms with Crippen LogP contribution < -0.4 is 5.73 Å². The van der Waals surface area contributed by atoms with E-state index in [1.54, 1.807) is 6.92 Å². The summed E-state index contributed by atoms with van der Waals surface area (Å²) in [6, 6.07) is -0.216. The number of nitrogens with two attached hydrogens (primary N) is 1. The minimum atomic E-state index is -0.216. The fourth-order valence-corrected chi connectivity index (χ4v) is 0.818. The van der Waals surface area contributed by atoms with Crippen LogP contribution in [0.3, 0.4) is 0 Å². The first kappa shape index (κ1) is 13.5. The van der Waals surface area contributed by atoms with E-state index in [0.29, 0.717) is 0 Å². The molecule has 0 aliphatic rings. The molecule has 0 amide bonds. The molecule has 0 aromatic heterocycles. The van der Waals surface area contributed by atoms with Crippen LogP contribution >= 0.6 is 12.4 Å². The molecule has 1 unspecified atom stereocenters. The van der Waals surface area contributed by atoms with Crippen molar-refractivity contribution in [2.24, 2.45) is 5.73 Å². The Morgan fingerprint density at radius 2 is 2.00 bits per heavy atom. The molecule has 3 heteroatoms. The third-order valence-corrected chi connectivity index (χ3v) is 1.64. The molecule has 0 fully saturated rings. The lowest BCUT2D eigenvalue weighted by Crippen LogP contribution is -2.27. The number of halogens is 1. The Morgan fingerprint density at radius 1 is 1.45 bits per heavy atom. The highest BCUT2D eigenvalue weighted by Gasteiger charge is 2.05. The summed E-state index contributed by atoms with van der Waals surface area (Å²) >= 11 is 0. The average molecular weight is 180 g/mol. The molecule has 0 rings (SSSR count). The Labute approximate surface area is 74.9 Å². The molecule has 0 aliphatic carbocycles. The molecule has 68 valence electrons. The molecule has 0 spiro atoms. The van der Waals surface area contributed by atoms with E-state index < -0.39 is 0 Å². The fraction of sp³-hybridized carbons (Fsp3) is 0.875. The van der Waals surface area contributed by atoms with E-state index in [1.165, 1.54) is 12.8 Å².